The van der Waals surface area contributed by atoms with Gasteiger partial charge in [0.25, 0.3) is 0 Å². The van der Waals surface area contributed by atoms with Gasteiger partial charge in [-0.15, -0.1) is 5.10 Å². The largest absolute Gasteiger partial charge is 0.507 e. The molecule has 0 aliphatic carbocycles. The molecule has 0 aliphatic rings. The average molecular weight is 327 g/mol. The number of benzene rings is 2. The molecular weight excluding hydrogens is 314 g/mol. The third kappa shape index (κ3) is 2.34. The van der Waals surface area contributed by atoms with E-state index < -0.39 is 11.9 Å². The van der Waals surface area contributed by atoms with Gasteiger partial charge in [-0.1, -0.05) is 29.5 Å². The molecule has 0 unspecified atom stereocenters. The molecule has 8 nitrogen and oxygen atoms in total. The lowest BCUT2D eigenvalue weighted by molar-refractivity contribution is 0.0546. The highest BCUT2D eigenvalue weighted by molar-refractivity contribution is 6.02. The van der Waals surface area contributed by atoms with Crippen molar-refractivity contribution >= 4 is 22.7 Å². The maximum absolute atomic E-state index is 12.1. The molecule has 0 atom stereocenters. The van der Waals surface area contributed by atoms with Crippen molar-refractivity contribution in [1.82, 2.24) is 15.0 Å². The summed E-state index contributed by atoms with van der Waals surface area (Å²) in [6, 6.07) is 10.1. The minimum Gasteiger partial charge on any atom is -0.507 e. The Balaban J connectivity index is 2.31. The van der Waals surface area contributed by atoms with Crippen LogP contribution in [0.1, 0.15) is 21.0 Å². The number of nitrogens with zero attached hydrogens (tertiary/aromatic N) is 3. The van der Waals surface area contributed by atoms with Crippen molar-refractivity contribution in [2.45, 2.75) is 0 Å². The maximum atomic E-state index is 12.1. The summed E-state index contributed by atoms with van der Waals surface area (Å²) in [5.41, 5.74) is 0.0631. The number of methoxy groups -OCH3 is 2. The van der Waals surface area contributed by atoms with Crippen molar-refractivity contribution in [3.63, 3.8) is 0 Å². The highest BCUT2D eigenvalue weighted by Crippen LogP contribution is 2.29. The second-order valence-corrected chi connectivity index (χ2v) is 4.83. The van der Waals surface area contributed by atoms with E-state index in [0.29, 0.717) is 16.5 Å². The molecule has 1 heterocycles. The molecule has 0 saturated heterocycles. The summed E-state index contributed by atoms with van der Waals surface area (Å²) in [7, 11) is 2.37. The predicted octanol–water partition coefficient (Wildman–Crippen LogP) is 1.70. The minimum absolute atomic E-state index is 0.0854. The summed E-state index contributed by atoms with van der Waals surface area (Å²) in [6.45, 7) is 0. The normalized spacial score (nSPS) is 10.6. The van der Waals surface area contributed by atoms with Crippen molar-refractivity contribution in [2.24, 2.45) is 0 Å². The fourth-order valence-corrected chi connectivity index (χ4v) is 2.43. The highest BCUT2D eigenvalue weighted by Gasteiger charge is 2.28. The van der Waals surface area contributed by atoms with Gasteiger partial charge in [0.15, 0.2) is 5.69 Å². The number of rotatable bonds is 3. The zero-order chi connectivity index (χ0) is 17.3. The summed E-state index contributed by atoms with van der Waals surface area (Å²) >= 11 is 0. The van der Waals surface area contributed by atoms with Gasteiger partial charge in [-0.3, -0.25) is 0 Å². The van der Waals surface area contributed by atoms with Crippen LogP contribution >= 0.6 is 0 Å². The fraction of sp³-hybridized carbons (Fsp3) is 0.125. The topological polar surface area (TPSA) is 104 Å². The molecule has 0 spiro atoms. The van der Waals surface area contributed by atoms with Gasteiger partial charge in [0, 0.05) is 10.8 Å². The number of carbonyl (C=O) groups excluding carboxylic acids is 2. The van der Waals surface area contributed by atoms with Crippen molar-refractivity contribution in [3.8, 4) is 11.4 Å². The highest BCUT2D eigenvalue weighted by atomic mass is 16.5. The number of phenols is 1. The van der Waals surface area contributed by atoms with Crippen molar-refractivity contribution < 1.29 is 24.2 Å². The zero-order valence-electron chi connectivity index (χ0n) is 12.9. The molecule has 0 amide bonds. The Kier molecular flexibility index (Phi) is 3.87. The Bertz CT molecular complexity index is 948. The number of aromatic nitrogens is 3. The third-order valence-electron chi connectivity index (χ3n) is 3.53. The van der Waals surface area contributed by atoms with Gasteiger partial charge >= 0.3 is 11.9 Å². The smallest absolute Gasteiger partial charge is 0.361 e. The Labute approximate surface area is 136 Å². The van der Waals surface area contributed by atoms with Crippen LogP contribution < -0.4 is 0 Å². The molecule has 122 valence electrons. The Morgan fingerprint density at radius 1 is 1.00 bits per heavy atom. The van der Waals surface area contributed by atoms with Gasteiger partial charge in [0.1, 0.15) is 5.75 Å². The standard InChI is InChI=1S/C16H13N3O5/c1-23-15(21)13-14(16(22)24-2)19(18-17-13)11-7-3-6-10-9(11)5-4-8-12(10)20/h3-8,20H,1-2H3. The summed E-state index contributed by atoms with van der Waals surface area (Å²) in [6.07, 6.45) is 0. The van der Waals surface area contributed by atoms with Crippen LogP contribution in [0.3, 0.4) is 0 Å². The van der Waals surface area contributed by atoms with Crippen LogP contribution in [0.5, 0.6) is 5.75 Å². The molecule has 3 aromatic rings. The molecule has 3 rings (SSSR count). The summed E-state index contributed by atoms with van der Waals surface area (Å²) in [4.78, 5) is 24.0. The predicted molar refractivity (Wildman–Crippen MR) is 83.2 cm³/mol. The van der Waals surface area contributed by atoms with Crippen molar-refractivity contribution in [1.29, 1.82) is 0 Å². The summed E-state index contributed by atoms with van der Waals surface area (Å²) < 4.78 is 10.6. The Hall–Kier alpha value is -3.42. The van der Waals surface area contributed by atoms with Crippen LogP contribution in [0.25, 0.3) is 16.5 Å². The van der Waals surface area contributed by atoms with E-state index in [1.807, 2.05) is 0 Å². The molecular formula is C16H13N3O5. The minimum atomic E-state index is -0.801. The lowest BCUT2D eigenvalue weighted by Crippen LogP contribution is -2.15. The SMILES string of the molecule is COC(=O)c1nnn(-c2cccc3c(O)cccc23)c1C(=O)OC. The number of aromatic hydroxyl groups is 1. The van der Waals surface area contributed by atoms with Gasteiger partial charge in [0.2, 0.25) is 5.69 Å². The molecule has 0 radical (unpaired) electrons. The van der Waals surface area contributed by atoms with Crippen LogP contribution in [-0.4, -0.2) is 46.3 Å². The van der Waals surface area contributed by atoms with E-state index in [-0.39, 0.29) is 17.1 Å². The summed E-state index contributed by atoms with van der Waals surface area (Å²) in [5, 5.41) is 18.8. The first-order valence-corrected chi connectivity index (χ1v) is 6.92. The first kappa shape index (κ1) is 15.5. The average Bonchev–Trinajstić information content (AvgIpc) is 3.05. The number of phenolic OH excluding ortho intramolecular Hbond substituents is 1. The molecule has 0 saturated carbocycles. The van der Waals surface area contributed by atoms with Gasteiger partial charge in [0.05, 0.1) is 19.9 Å². The molecule has 24 heavy (non-hydrogen) atoms. The second-order valence-electron chi connectivity index (χ2n) is 4.83. The van der Waals surface area contributed by atoms with Crippen LogP contribution in [0.15, 0.2) is 36.4 Å². The van der Waals surface area contributed by atoms with Gasteiger partial charge < -0.3 is 14.6 Å². The van der Waals surface area contributed by atoms with E-state index in [9.17, 15) is 14.7 Å². The van der Waals surface area contributed by atoms with Crippen molar-refractivity contribution in [3.05, 3.63) is 47.8 Å². The monoisotopic (exact) mass is 327 g/mol. The van der Waals surface area contributed by atoms with E-state index in [4.69, 9.17) is 4.74 Å². The Morgan fingerprint density at radius 3 is 2.38 bits per heavy atom. The van der Waals surface area contributed by atoms with Gasteiger partial charge in [-0.2, -0.15) is 0 Å². The molecule has 0 fully saturated rings. The maximum Gasteiger partial charge on any atom is 0.361 e. The van der Waals surface area contributed by atoms with Crippen LogP contribution in [0.2, 0.25) is 0 Å². The van der Waals surface area contributed by atoms with Crippen LogP contribution in [-0.2, 0) is 9.47 Å². The fourth-order valence-electron chi connectivity index (χ4n) is 2.43. The van der Waals surface area contributed by atoms with Gasteiger partial charge in [-0.25, -0.2) is 14.3 Å². The van der Waals surface area contributed by atoms with Crippen molar-refractivity contribution in [2.75, 3.05) is 14.2 Å². The molecule has 2 aromatic carbocycles. The number of hydrogen-bond acceptors (Lipinski definition) is 7. The first-order valence-electron chi connectivity index (χ1n) is 6.92. The molecule has 8 heteroatoms. The molecule has 0 bridgehead atoms. The molecule has 1 aromatic heterocycles. The first-order chi connectivity index (χ1) is 11.6. The van der Waals surface area contributed by atoms with E-state index >= 15 is 0 Å². The van der Waals surface area contributed by atoms with E-state index in [1.54, 1.807) is 36.4 Å². The zero-order valence-corrected chi connectivity index (χ0v) is 12.9. The van der Waals surface area contributed by atoms with E-state index in [0.717, 1.165) is 0 Å². The lowest BCUT2D eigenvalue weighted by atomic mass is 10.1. The lowest BCUT2D eigenvalue weighted by Gasteiger charge is -2.09. The van der Waals surface area contributed by atoms with Crippen LogP contribution in [0, 0.1) is 0 Å². The number of carbonyl (C=O) groups is 2. The quantitative estimate of drug-likeness (QED) is 0.730. The Morgan fingerprint density at radius 2 is 1.67 bits per heavy atom. The second kappa shape index (κ2) is 5.99. The number of esters is 2. The number of hydrogen-bond donors (Lipinski definition) is 1. The van der Waals surface area contributed by atoms with Crippen LogP contribution in [0.4, 0.5) is 0 Å². The summed E-state index contributed by atoms with van der Waals surface area (Å²) in [5.74, 6) is -1.50. The van der Waals surface area contributed by atoms with Gasteiger partial charge in [-0.05, 0) is 12.1 Å². The number of fused-ring (bicyclic) bond motifs is 1. The molecule has 0 aliphatic heterocycles. The van der Waals surface area contributed by atoms with E-state index in [2.05, 4.69) is 15.0 Å². The third-order valence-corrected chi connectivity index (χ3v) is 3.53. The van der Waals surface area contributed by atoms with E-state index in [1.165, 1.54) is 18.9 Å². The molecule has 1 N–H and O–H groups in total. The number of ether oxygens (including phenoxy) is 2.